The molecule has 1 aliphatic rings. The minimum absolute atomic E-state index is 0.148. The van der Waals surface area contributed by atoms with Crippen LogP contribution < -0.4 is 15.4 Å². The van der Waals surface area contributed by atoms with Gasteiger partial charge in [0.1, 0.15) is 5.75 Å². The van der Waals surface area contributed by atoms with Crippen LogP contribution in [-0.4, -0.2) is 65.6 Å². The molecule has 1 aromatic heterocycles. The van der Waals surface area contributed by atoms with Crippen LogP contribution in [0, 0.1) is 11.8 Å². The monoisotopic (exact) mass is 565 g/mol. The van der Waals surface area contributed by atoms with Crippen LogP contribution in [0.25, 0.3) is 10.1 Å². The van der Waals surface area contributed by atoms with Crippen LogP contribution in [0.3, 0.4) is 0 Å². The van der Waals surface area contributed by atoms with E-state index in [1.54, 1.807) is 17.5 Å². The molecule has 0 atom stereocenters. The van der Waals surface area contributed by atoms with E-state index in [1.807, 2.05) is 6.07 Å². The van der Waals surface area contributed by atoms with Crippen molar-refractivity contribution < 1.29 is 26.3 Å². The highest BCUT2D eigenvalue weighted by Crippen LogP contribution is 2.37. The number of fused-ring (bicyclic) bond motifs is 1. The second kappa shape index (κ2) is 11.4. The second-order valence-electron chi connectivity index (χ2n) is 9.46. The molecule has 38 heavy (non-hydrogen) atoms. The lowest BCUT2D eigenvalue weighted by Crippen LogP contribution is -2.36. The number of benzene rings is 2. The van der Waals surface area contributed by atoms with Crippen LogP contribution in [0.1, 0.15) is 24.0 Å². The molecule has 0 saturated carbocycles. The highest BCUT2D eigenvalue weighted by atomic mass is 32.2. The molecule has 204 valence electrons. The number of hydrogen-bond donors (Lipinski definition) is 2. The fourth-order valence-corrected chi connectivity index (χ4v) is 6.10. The lowest BCUT2D eigenvalue weighted by Gasteiger charge is -2.30. The van der Waals surface area contributed by atoms with Crippen LogP contribution in [0.5, 0.6) is 5.75 Å². The molecule has 0 radical (unpaired) electrons. The number of nitrogens with zero attached hydrogens (tertiary/aromatic N) is 1. The van der Waals surface area contributed by atoms with Crippen LogP contribution in [0.2, 0.25) is 0 Å². The average Bonchev–Trinajstić information content (AvgIpc) is 3.24. The SMILES string of the molecule is COc1cc(S(C)(=O)=O)ccc1NCC#Cc1cc(NC2CCN(C)CC2)c2scc(CC(F)(F)F)c2c1. The van der Waals surface area contributed by atoms with E-state index < -0.39 is 22.4 Å². The summed E-state index contributed by atoms with van der Waals surface area (Å²) in [7, 11) is 0.158. The summed E-state index contributed by atoms with van der Waals surface area (Å²) in [5, 5.41) is 8.83. The third-order valence-corrected chi connectivity index (χ3v) is 8.61. The maximum Gasteiger partial charge on any atom is 0.393 e. The highest BCUT2D eigenvalue weighted by molar-refractivity contribution is 7.90. The van der Waals surface area contributed by atoms with Crippen molar-refractivity contribution in [3.63, 3.8) is 0 Å². The predicted octanol–water partition coefficient (Wildman–Crippen LogP) is 5.39. The largest absolute Gasteiger partial charge is 0.495 e. The zero-order chi connectivity index (χ0) is 27.5. The molecule has 1 fully saturated rings. The number of methoxy groups -OCH3 is 1. The molecule has 2 N–H and O–H groups in total. The van der Waals surface area contributed by atoms with Gasteiger partial charge in [0.2, 0.25) is 0 Å². The first-order chi connectivity index (χ1) is 17.9. The number of ether oxygens (including phenoxy) is 1. The first-order valence-electron chi connectivity index (χ1n) is 12.1. The first-order valence-corrected chi connectivity index (χ1v) is 14.9. The summed E-state index contributed by atoms with van der Waals surface area (Å²) >= 11 is 1.32. The van der Waals surface area contributed by atoms with Gasteiger partial charge in [0.15, 0.2) is 9.84 Å². The zero-order valence-corrected chi connectivity index (χ0v) is 23.0. The Labute approximate surface area is 225 Å². The van der Waals surface area contributed by atoms with Crippen molar-refractivity contribution in [2.24, 2.45) is 0 Å². The van der Waals surface area contributed by atoms with Crippen molar-refractivity contribution in [1.82, 2.24) is 4.90 Å². The lowest BCUT2D eigenvalue weighted by molar-refractivity contribution is -0.126. The van der Waals surface area contributed by atoms with E-state index >= 15 is 0 Å². The van der Waals surface area contributed by atoms with Gasteiger partial charge in [-0.05, 0) is 73.6 Å². The number of alkyl halides is 3. The molecule has 6 nitrogen and oxygen atoms in total. The van der Waals surface area contributed by atoms with Crippen LogP contribution >= 0.6 is 11.3 Å². The Hall–Kier alpha value is -2.94. The van der Waals surface area contributed by atoms with E-state index in [0.29, 0.717) is 22.4 Å². The van der Waals surface area contributed by atoms with Crippen molar-refractivity contribution in [1.29, 1.82) is 0 Å². The van der Waals surface area contributed by atoms with Crippen molar-refractivity contribution in [3.05, 3.63) is 46.8 Å². The summed E-state index contributed by atoms with van der Waals surface area (Å²) in [5.74, 6) is 6.46. The molecule has 4 rings (SSSR count). The molecule has 0 unspecified atom stereocenters. The van der Waals surface area contributed by atoms with Crippen LogP contribution in [-0.2, 0) is 16.3 Å². The van der Waals surface area contributed by atoms with Gasteiger partial charge < -0.3 is 20.3 Å². The van der Waals surface area contributed by atoms with Crippen molar-refractivity contribution in [2.45, 2.75) is 36.4 Å². The number of halogens is 3. The maximum absolute atomic E-state index is 13.2. The van der Waals surface area contributed by atoms with Gasteiger partial charge in [-0.3, -0.25) is 0 Å². The number of anilines is 2. The summed E-state index contributed by atoms with van der Waals surface area (Å²) in [5.41, 5.74) is 2.27. The molecular formula is C27H30F3N3O3S2. The molecule has 2 heterocycles. The molecule has 0 bridgehead atoms. The Bertz CT molecular complexity index is 1470. The smallest absolute Gasteiger partial charge is 0.393 e. The fourth-order valence-electron chi connectivity index (χ4n) is 4.43. The summed E-state index contributed by atoms with van der Waals surface area (Å²) in [4.78, 5) is 2.41. The number of nitrogens with one attached hydrogen (secondary N) is 2. The lowest BCUT2D eigenvalue weighted by atomic mass is 10.0. The Morgan fingerprint density at radius 3 is 2.55 bits per heavy atom. The normalized spacial score (nSPS) is 15.2. The van der Waals surface area contributed by atoms with Gasteiger partial charge in [-0.15, -0.1) is 11.3 Å². The third kappa shape index (κ3) is 7.12. The molecular weight excluding hydrogens is 535 g/mol. The Morgan fingerprint density at radius 1 is 1.16 bits per heavy atom. The van der Waals surface area contributed by atoms with E-state index in [1.165, 1.54) is 30.6 Å². The molecule has 1 saturated heterocycles. The van der Waals surface area contributed by atoms with Gasteiger partial charge in [0.05, 0.1) is 41.0 Å². The number of rotatable bonds is 7. The van der Waals surface area contributed by atoms with Gasteiger partial charge in [-0.25, -0.2) is 8.42 Å². The van der Waals surface area contributed by atoms with Gasteiger partial charge >= 0.3 is 6.18 Å². The zero-order valence-electron chi connectivity index (χ0n) is 21.4. The number of sulfone groups is 1. The molecule has 1 aliphatic heterocycles. The summed E-state index contributed by atoms with van der Waals surface area (Å²) in [6, 6.07) is 8.42. The molecule has 0 aliphatic carbocycles. The fraction of sp³-hybridized carbons (Fsp3) is 0.407. The predicted molar refractivity (Wildman–Crippen MR) is 147 cm³/mol. The second-order valence-corrected chi connectivity index (χ2v) is 12.4. The van der Waals surface area contributed by atoms with E-state index in [0.717, 1.165) is 42.6 Å². The Kier molecular flexibility index (Phi) is 8.45. The van der Waals surface area contributed by atoms with Crippen LogP contribution in [0.4, 0.5) is 24.5 Å². The van der Waals surface area contributed by atoms with E-state index in [-0.39, 0.29) is 23.0 Å². The Morgan fingerprint density at radius 2 is 1.89 bits per heavy atom. The van der Waals surface area contributed by atoms with Gasteiger partial charge in [-0.1, -0.05) is 11.8 Å². The average molecular weight is 566 g/mol. The number of thiophene rings is 1. The van der Waals surface area contributed by atoms with Crippen molar-refractivity contribution >= 4 is 42.6 Å². The maximum atomic E-state index is 13.2. The Balaban J connectivity index is 1.58. The first kappa shape index (κ1) is 28.1. The summed E-state index contributed by atoms with van der Waals surface area (Å²) in [6.07, 6.45) is -2.24. The van der Waals surface area contributed by atoms with Crippen molar-refractivity contribution in [3.8, 4) is 17.6 Å². The molecule has 0 amide bonds. The van der Waals surface area contributed by atoms with Crippen molar-refractivity contribution in [2.75, 3.05) is 50.7 Å². The number of piperidine rings is 1. The van der Waals surface area contributed by atoms with Gasteiger partial charge in [0, 0.05) is 23.9 Å². The van der Waals surface area contributed by atoms with E-state index in [2.05, 4.69) is 34.4 Å². The molecule has 3 aromatic rings. The minimum atomic E-state index is -4.30. The highest BCUT2D eigenvalue weighted by Gasteiger charge is 2.29. The number of likely N-dealkylation sites (tertiary alicyclic amines) is 1. The van der Waals surface area contributed by atoms with E-state index in [4.69, 9.17) is 4.74 Å². The van der Waals surface area contributed by atoms with Crippen LogP contribution in [0.15, 0.2) is 40.6 Å². The quantitative estimate of drug-likeness (QED) is 0.375. The molecule has 2 aromatic carbocycles. The minimum Gasteiger partial charge on any atom is -0.495 e. The van der Waals surface area contributed by atoms with Gasteiger partial charge in [0.25, 0.3) is 0 Å². The van der Waals surface area contributed by atoms with Gasteiger partial charge in [-0.2, -0.15) is 13.2 Å². The standard InChI is InChI=1S/C27H30F3N3O3S2/c1-33-11-8-20(9-12-33)32-24-14-18(13-22-19(16-27(28,29)30)17-37-26(22)24)5-4-10-31-23-7-6-21(38(3,34)35)15-25(23)36-2/h6-7,13-15,17,20,31-32H,8-12,16H2,1-3H3. The third-order valence-electron chi connectivity index (χ3n) is 6.42. The van der Waals surface area contributed by atoms with E-state index in [9.17, 15) is 21.6 Å². The molecule has 11 heteroatoms. The summed E-state index contributed by atoms with van der Waals surface area (Å²) < 4.78 is 69.4. The molecule has 0 spiro atoms. The topological polar surface area (TPSA) is 70.7 Å². The number of hydrogen-bond acceptors (Lipinski definition) is 7. The summed E-state index contributed by atoms with van der Waals surface area (Å²) in [6.45, 7) is 2.15.